The summed E-state index contributed by atoms with van der Waals surface area (Å²) in [6.45, 7) is 0.473. The van der Waals surface area contributed by atoms with Crippen LogP contribution >= 0.6 is 0 Å². The molecule has 0 unspecified atom stereocenters. The van der Waals surface area contributed by atoms with E-state index in [0.29, 0.717) is 33.3 Å². The van der Waals surface area contributed by atoms with Crippen molar-refractivity contribution in [3.63, 3.8) is 0 Å². The van der Waals surface area contributed by atoms with E-state index in [2.05, 4.69) is 10.6 Å². The molecule has 152 valence electrons. The lowest BCUT2D eigenvalue weighted by atomic mass is 10.1. The number of nitrogens with one attached hydrogen (secondary N) is 2. The normalized spacial score (nSPS) is 11.4. The topological polar surface area (TPSA) is 94.9 Å². The molecule has 0 spiro atoms. The van der Waals surface area contributed by atoms with E-state index in [9.17, 15) is 14.4 Å². The molecule has 2 N–H and O–H groups in total. The molecule has 0 aliphatic rings. The minimum absolute atomic E-state index is 0.176. The highest BCUT2D eigenvalue weighted by atomic mass is 16.3. The smallest absolute Gasteiger partial charge is 0.238 e. The van der Waals surface area contributed by atoms with E-state index >= 15 is 0 Å². The maximum absolute atomic E-state index is 13.0. The Morgan fingerprint density at radius 2 is 1.21 bits per heavy atom. The van der Waals surface area contributed by atoms with Gasteiger partial charge in [-0.25, -0.2) is 0 Å². The van der Waals surface area contributed by atoms with Gasteiger partial charge in [-0.15, -0.1) is 0 Å². The molecule has 0 atom stereocenters. The first-order valence-corrected chi connectivity index (χ1v) is 9.13. The third-order valence-corrected chi connectivity index (χ3v) is 4.16. The fourth-order valence-electron chi connectivity index (χ4n) is 2.99. The van der Waals surface area contributed by atoms with Gasteiger partial charge in [0.15, 0.2) is 0 Å². The Morgan fingerprint density at radius 3 is 1.59 bits per heavy atom. The molecule has 0 saturated carbocycles. The monoisotopic (exact) mass is 396 g/mol. The minimum Gasteiger partial charge on any atom is -0.456 e. The summed E-state index contributed by atoms with van der Waals surface area (Å²) in [5.74, 6) is -0.351. The first-order chi connectivity index (χ1) is 13.7. The molecule has 0 aliphatic carbocycles. The molecule has 0 radical (unpaired) electrons. The summed E-state index contributed by atoms with van der Waals surface area (Å²) < 4.78 is 5.83. The number of carbonyl (C=O) groups excluding carboxylic acids is 2. The molecule has 29 heavy (non-hydrogen) atoms. The van der Waals surface area contributed by atoms with Crippen molar-refractivity contribution in [2.24, 2.45) is 0 Å². The Morgan fingerprint density at radius 1 is 0.793 bits per heavy atom. The van der Waals surface area contributed by atoms with Crippen molar-refractivity contribution in [1.82, 2.24) is 9.80 Å². The summed E-state index contributed by atoms with van der Waals surface area (Å²) in [6, 6.07) is 9.92. The SMILES string of the molecule is CN(C)CC(=O)Nc1ccc2oc3ccc(NC(=O)CN(C)C)cc3c(=O)c2c1. The molecule has 0 fully saturated rings. The fraction of sp³-hybridized carbons (Fsp3) is 0.286. The molecule has 0 saturated heterocycles. The number of nitrogens with zero attached hydrogens (tertiary/aromatic N) is 2. The van der Waals surface area contributed by atoms with Crippen molar-refractivity contribution < 1.29 is 14.0 Å². The number of amides is 2. The Kier molecular flexibility index (Phi) is 5.95. The maximum Gasteiger partial charge on any atom is 0.238 e. The van der Waals surface area contributed by atoms with Crippen molar-refractivity contribution in [3.05, 3.63) is 46.6 Å². The predicted molar refractivity (Wildman–Crippen MR) is 114 cm³/mol. The molecular formula is C21H24N4O4. The van der Waals surface area contributed by atoms with Crippen LogP contribution < -0.4 is 16.1 Å². The number of carbonyl (C=O) groups is 2. The summed E-state index contributed by atoms with van der Waals surface area (Å²) in [7, 11) is 7.20. The molecule has 3 aromatic rings. The van der Waals surface area contributed by atoms with Gasteiger partial charge in [0.2, 0.25) is 17.2 Å². The van der Waals surface area contributed by atoms with Crippen molar-refractivity contribution in [1.29, 1.82) is 0 Å². The highest BCUT2D eigenvalue weighted by Crippen LogP contribution is 2.23. The van der Waals surface area contributed by atoms with Crippen LogP contribution in [0.25, 0.3) is 21.9 Å². The molecule has 0 bridgehead atoms. The Hall–Kier alpha value is -3.23. The summed E-state index contributed by atoms with van der Waals surface area (Å²) >= 11 is 0. The maximum atomic E-state index is 13.0. The van der Waals surface area contributed by atoms with Crippen LogP contribution in [0.3, 0.4) is 0 Å². The highest BCUT2D eigenvalue weighted by Gasteiger charge is 2.12. The van der Waals surface area contributed by atoms with Gasteiger partial charge in [0.25, 0.3) is 0 Å². The highest BCUT2D eigenvalue weighted by molar-refractivity contribution is 5.98. The summed E-state index contributed by atoms with van der Waals surface area (Å²) in [5, 5.41) is 6.26. The Bertz CT molecular complexity index is 1050. The van der Waals surface area contributed by atoms with Gasteiger partial charge < -0.3 is 24.9 Å². The van der Waals surface area contributed by atoms with E-state index in [1.165, 1.54) is 0 Å². The first kappa shape index (κ1) is 20.5. The first-order valence-electron chi connectivity index (χ1n) is 9.13. The van der Waals surface area contributed by atoms with E-state index < -0.39 is 0 Å². The van der Waals surface area contributed by atoms with Crippen LogP contribution in [-0.4, -0.2) is 62.9 Å². The number of hydrogen-bond donors (Lipinski definition) is 2. The van der Waals surface area contributed by atoms with Crippen LogP contribution in [0.2, 0.25) is 0 Å². The van der Waals surface area contributed by atoms with Gasteiger partial charge in [-0.05, 0) is 64.6 Å². The summed E-state index contributed by atoms with van der Waals surface area (Å²) in [6.07, 6.45) is 0. The van der Waals surface area contributed by atoms with Gasteiger partial charge in [0.05, 0.1) is 23.9 Å². The van der Waals surface area contributed by atoms with Gasteiger partial charge >= 0.3 is 0 Å². The van der Waals surface area contributed by atoms with Crippen LogP contribution in [0.5, 0.6) is 0 Å². The predicted octanol–water partition coefficient (Wildman–Crippen LogP) is 1.95. The van der Waals surface area contributed by atoms with Gasteiger partial charge in [0, 0.05) is 11.4 Å². The molecule has 0 aliphatic heterocycles. The van der Waals surface area contributed by atoms with E-state index in [0.717, 1.165) is 0 Å². The number of hydrogen-bond acceptors (Lipinski definition) is 6. The third kappa shape index (κ3) is 4.98. The second-order valence-electron chi connectivity index (χ2n) is 7.42. The molecule has 1 aromatic heterocycles. The Labute approximate surface area is 168 Å². The van der Waals surface area contributed by atoms with Crippen molar-refractivity contribution in [3.8, 4) is 0 Å². The van der Waals surface area contributed by atoms with Crippen LogP contribution in [0.15, 0.2) is 45.6 Å². The lowest BCUT2D eigenvalue weighted by Crippen LogP contribution is -2.27. The van der Waals surface area contributed by atoms with Gasteiger partial charge in [-0.3, -0.25) is 14.4 Å². The van der Waals surface area contributed by atoms with E-state index in [4.69, 9.17) is 4.42 Å². The quantitative estimate of drug-likeness (QED) is 0.619. The number of likely N-dealkylation sites (N-methyl/N-ethyl adjacent to an activating group) is 2. The number of benzene rings is 2. The van der Waals surface area contributed by atoms with Crippen LogP contribution in [0, 0.1) is 0 Å². The standard InChI is InChI=1S/C21H24N4O4/c1-24(2)11-19(26)22-13-5-7-17-15(9-13)21(28)16-10-14(6-8-18(16)29-17)23-20(27)12-25(3)4/h5-10H,11-12H2,1-4H3,(H,22,26)(H,23,27). The molecule has 3 rings (SSSR count). The largest absolute Gasteiger partial charge is 0.456 e. The van der Waals surface area contributed by atoms with Crippen molar-refractivity contribution in [2.45, 2.75) is 0 Å². The second kappa shape index (κ2) is 8.42. The van der Waals surface area contributed by atoms with E-state index in [1.807, 2.05) is 0 Å². The van der Waals surface area contributed by atoms with Crippen molar-refractivity contribution >= 4 is 45.1 Å². The number of rotatable bonds is 6. The van der Waals surface area contributed by atoms with Gasteiger partial charge in [0.1, 0.15) is 11.2 Å². The number of fused-ring (bicyclic) bond motifs is 2. The van der Waals surface area contributed by atoms with Gasteiger partial charge in [-0.1, -0.05) is 0 Å². The van der Waals surface area contributed by atoms with Crippen LogP contribution in [-0.2, 0) is 9.59 Å². The lowest BCUT2D eigenvalue weighted by molar-refractivity contribution is -0.117. The zero-order chi connectivity index (χ0) is 21.1. The second-order valence-corrected chi connectivity index (χ2v) is 7.42. The zero-order valence-corrected chi connectivity index (χ0v) is 16.9. The zero-order valence-electron chi connectivity index (χ0n) is 16.9. The summed E-state index contributed by atoms with van der Waals surface area (Å²) in [4.78, 5) is 40.5. The number of anilines is 2. The molecular weight excluding hydrogens is 372 g/mol. The summed E-state index contributed by atoms with van der Waals surface area (Å²) in [5.41, 5.74) is 1.67. The Balaban J connectivity index is 1.96. The van der Waals surface area contributed by atoms with E-state index in [-0.39, 0.29) is 30.3 Å². The minimum atomic E-state index is -0.228. The molecule has 2 aromatic carbocycles. The average Bonchev–Trinajstić information content (AvgIpc) is 2.61. The lowest BCUT2D eigenvalue weighted by Gasteiger charge is -2.11. The molecule has 1 heterocycles. The fourth-order valence-corrected chi connectivity index (χ4v) is 2.99. The molecule has 8 nitrogen and oxygen atoms in total. The van der Waals surface area contributed by atoms with Crippen molar-refractivity contribution in [2.75, 3.05) is 51.9 Å². The van der Waals surface area contributed by atoms with Crippen LogP contribution in [0.4, 0.5) is 11.4 Å². The molecule has 8 heteroatoms. The van der Waals surface area contributed by atoms with E-state index in [1.54, 1.807) is 74.4 Å². The molecule has 2 amide bonds. The average molecular weight is 396 g/mol. The van der Waals surface area contributed by atoms with Crippen LogP contribution in [0.1, 0.15) is 0 Å². The third-order valence-electron chi connectivity index (χ3n) is 4.16. The van der Waals surface area contributed by atoms with Gasteiger partial charge in [-0.2, -0.15) is 0 Å².